The van der Waals surface area contributed by atoms with Crippen LogP contribution in [0.2, 0.25) is 0 Å². The fourth-order valence-electron chi connectivity index (χ4n) is 3.02. The third-order valence-electron chi connectivity index (χ3n) is 4.90. The van der Waals surface area contributed by atoms with Gasteiger partial charge in [-0.1, -0.05) is 41.9 Å². The van der Waals surface area contributed by atoms with Crippen molar-refractivity contribution in [1.29, 1.82) is 0 Å². The Balaban J connectivity index is 1.81. The van der Waals surface area contributed by atoms with Crippen molar-refractivity contribution in [2.24, 2.45) is 11.1 Å². The molecule has 1 saturated carbocycles. The van der Waals surface area contributed by atoms with Crippen molar-refractivity contribution in [3.05, 3.63) is 47.6 Å². The summed E-state index contributed by atoms with van der Waals surface area (Å²) in [7, 11) is 0. The molecule has 0 amide bonds. The Bertz CT molecular complexity index is 594. The van der Waals surface area contributed by atoms with E-state index in [4.69, 9.17) is 10.3 Å². The molecule has 21 heavy (non-hydrogen) atoms. The fourth-order valence-corrected chi connectivity index (χ4v) is 3.02. The summed E-state index contributed by atoms with van der Waals surface area (Å²) in [5.41, 5.74) is 7.04. The highest BCUT2D eigenvalue weighted by Crippen LogP contribution is 2.42. The van der Waals surface area contributed by atoms with Crippen LogP contribution < -0.4 is 5.73 Å². The molecule has 112 valence electrons. The predicted molar refractivity (Wildman–Crippen MR) is 81.9 cm³/mol. The number of hydrogen-bond acceptors (Lipinski definition) is 4. The van der Waals surface area contributed by atoms with E-state index in [-0.39, 0.29) is 10.8 Å². The molecular formula is C17H23N3O. The maximum atomic E-state index is 5.91. The monoisotopic (exact) mass is 285 g/mol. The molecule has 4 nitrogen and oxygen atoms in total. The quantitative estimate of drug-likeness (QED) is 0.917. The zero-order chi connectivity index (χ0) is 14.9. The molecule has 0 aliphatic heterocycles. The highest BCUT2D eigenvalue weighted by molar-refractivity contribution is 5.30. The molecular weight excluding hydrogens is 262 g/mol. The lowest BCUT2D eigenvalue weighted by Crippen LogP contribution is -2.39. The standard InChI is InChI=1S/C17H23N3O/c1-16(2,13-7-4-3-5-8-13)15-19-14(21-20-15)11-17(12-18)9-6-10-17/h3-5,7-8H,6,9-12,18H2,1-2H3. The summed E-state index contributed by atoms with van der Waals surface area (Å²) in [6.45, 7) is 4.95. The topological polar surface area (TPSA) is 64.9 Å². The van der Waals surface area contributed by atoms with Crippen molar-refractivity contribution in [1.82, 2.24) is 10.1 Å². The summed E-state index contributed by atoms with van der Waals surface area (Å²) in [6, 6.07) is 10.3. The molecule has 0 unspecified atom stereocenters. The first-order valence-corrected chi connectivity index (χ1v) is 7.64. The normalized spacial score (nSPS) is 17.5. The summed E-state index contributed by atoms with van der Waals surface area (Å²) in [5.74, 6) is 1.47. The molecule has 1 aromatic heterocycles. The second-order valence-corrected chi connectivity index (χ2v) is 6.74. The summed E-state index contributed by atoms with van der Waals surface area (Å²) in [6.07, 6.45) is 4.40. The van der Waals surface area contributed by atoms with Crippen LogP contribution >= 0.6 is 0 Å². The van der Waals surface area contributed by atoms with E-state index in [1.165, 1.54) is 24.8 Å². The molecule has 1 aromatic carbocycles. The maximum Gasteiger partial charge on any atom is 0.227 e. The van der Waals surface area contributed by atoms with Gasteiger partial charge in [-0.05, 0) is 44.2 Å². The Hall–Kier alpha value is -1.68. The van der Waals surface area contributed by atoms with Crippen LogP contribution in [0, 0.1) is 5.41 Å². The van der Waals surface area contributed by atoms with Crippen LogP contribution in [-0.4, -0.2) is 16.7 Å². The number of hydrogen-bond donors (Lipinski definition) is 1. The first-order chi connectivity index (χ1) is 10.1. The van der Waals surface area contributed by atoms with Crippen molar-refractivity contribution < 1.29 is 4.52 Å². The molecule has 0 radical (unpaired) electrons. The predicted octanol–water partition coefficient (Wildman–Crippen LogP) is 3.07. The summed E-state index contributed by atoms with van der Waals surface area (Å²) in [4.78, 5) is 4.64. The van der Waals surface area contributed by atoms with E-state index in [0.717, 1.165) is 18.1 Å². The minimum Gasteiger partial charge on any atom is -0.339 e. The van der Waals surface area contributed by atoms with Crippen LogP contribution in [0.5, 0.6) is 0 Å². The maximum absolute atomic E-state index is 5.91. The van der Waals surface area contributed by atoms with Crippen LogP contribution in [0.3, 0.4) is 0 Å². The molecule has 0 bridgehead atoms. The van der Waals surface area contributed by atoms with Gasteiger partial charge in [-0.15, -0.1) is 0 Å². The first-order valence-electron chi connectivity index (χ1n) is 7.64. The van der Waals surface area contributed by atoms with Crippen molar-refractivity contribution in [3.8, 4) is 0 Å². The van der Waals surface area contributed by atoms with Gasteiger partial charge in [-0.3, -0.25) is 0 Å². The van der Waals surface area contributed by atoms with Gasteiger partial charge in [-0.25, -0.2) is 0 Å². The highest BCUT2D eigenvalue weighted by atomic mass is 16.5. The van der Waals surface area contributed by atoms with Crippen molar-refractivity contribution in [2.45, 2.75) is 44.9 Å². The van der Waals surface area contributed by atoms with Crippen LogP contribution in [0.15, 0.2) is 34.9 Å². The summed E-state index contributed by atoms with van der Waals surface area (Å²) < 4.78 is 5.49. The highest BCUT2D eigenvalue weighted by Gasteiger charge is 2.38. The van der Waals surface area contributed by atoms with Gasteiger partial charge in [0.05, 0.1) is 5.41 Å². The van der Waals surface area contributed by atoms with Gasteiger partial charge in [0.25, 0.3) is 0 Å². The van der Waals surface area contributed by atoms with E-state index in [0.29, 0.717) is 6.54 Å². The largest absolute Gasteiger partial charge is 0.339 e. The fraction of sp³-hybridized carbons (Fsp3) is 0.529. The zero-order valence-electron chi connectivity index (χ0n) is 12.8. The van der Waals surface area contributed by atoms with Gasteiger partial charge in [0.2, 0.25) is 5.89 Å². The third-order valence-corrected chi connectivity index (χ3v) is 4.90. The zero-order valence-corrected chi connectivity index (χ0v) is 12.8. The number of rotatable bonds is 5. The number of nitrogens with two attached hydrogens (primary N) is 1. The minimum atomic E-state index is -0.251. The molecule has 1 heterocycles. The molecule has 2 aromatic rings. The average molecular weight is 285 g/mol. The Morgan fingerprint density at radius 2 is 1.95 bits per heavy atom. The molecule has 3 rings (SSSR count). The number of aromatic nitrogens is 2. The van der Waals surface area contributed by atoms with Gasteiger partial charge < -0.3 is 10.3 Å². The van der Waals surface area contributed by atoms with Crippen molar-refractivity contribution >= 4 is 0 Å². The molecule has 1 aliphatic carbocycles. The second-order valence-electron chi connectivity index (χ2n) is 6.74. The van der Waals surface area contributed by atoms with Crippen LogP contribution in [-0.2, 0) is 11.8 Å². The molecule has 2 N–H and O–H groups in total. The lowest BCUT2D eigenvalue weighted by molar-refractivity contribution is 0.129. The molecule has 0 atom stereocenters. The van der Waals surface area contributed by atoms with Gasteiger partial charge in [0, 0.05) is 6.42 Å². The van der Waals surface area contributed by atoms with E-state index in [2.05, 4.69) is 36.1 Å². The van der Waals surface area contributed by atoms with E-state index in [1.807, 2.05) is 18.2 Å². The molecule has 4 heteroatoms. The average Bonchev–Trinajstić information content (AvgIpc) is 2.93. The van der Waals surface area contributed by atoms with E-state index in [1.54, 1.807) is 0 Å². The van der Waals surface area contributed by atoms with Gasteiger partial charge >= 0.3 is 0 Å². The van der Waals surface area contributed by atoms with Crippen LogP contribution in [0.4, 0.5) is 0 Å². The second kappa shape index (κ2) is 5.26. The van der Waals surface area contributed by atoms with Gasteiger partial charge in [-0.2, -0.15) is 4.98 Å². The van der Waals surface area contributed by atoms with Crippen LogP contribution in [0.25, 0.3) is 0 Å². The Labute approximate surface area is 125 Å². The molecule has 1 fully saturated rings. The first kappa shape index (κ1) is 14.3. The van der Waals surface area contributed by atoms with Crippen molar-refractivity contribution in [2.75, 3.05) is 6.54 Å². The van der Waals surface area contributed by atoms with Crippen LogP contribution in [0.1, 0.15) is 50.4 Å². The lowest BCUT2D eigenvalue weighted by Gasteiger charge is -2.39. The summed E-state index contributed by atoms with van der Waals surface area (Å²) in [5, 5.41) is 4.21. The third kappa shape index (κ3) is 2.60. The Morgan fingerprint density at radius 1 is 1.24 bits per heavy atom. The van der Waals surface area contributed by atoms with Gasteiger partial charge in [0.15, 0.2) is 5.82 Å². The van der Waals surface area contributed by atoms with E-state index >= 15 is 0 Å². The van der Waals surface area contributed by atoms with E-state index < -0.39 is 0 Å². The summed E-state index contributed by atoms with van der Waals surface area (Å²) >= 11 is 0. The SMILES string of the molecule is CC(C)(c1ccccc1)c1noc(CC2(CN)CCC2)n1. The van der Waals surface area contributed by atoms with E-state index in [9.17, 15) is 0 Å². The van der Waals surface area contributed by atoms with Gasteiger partial charge in [0.1, 0.15) is 0 Å². The van der Waals surface area contributed by atoms with Crippen molar-refractivity contribution in [3.63, 3.8) is 0 Å². The smallest absolute Gasteiger partial charge is 0.227 e. The number of benzene rings is 1. The molecule has 0 saturated heterocycles. The number of nitrogens with zero attached hydrogens (tertiary/aromatic N) is 2. The Morgan fingerprint density at radius 3 is 2.52 bits per heavy atom. The molecule has 1 aliphatic rings. The Kier molecular flexibility index (Phi) is 3.57. The molecule has 0 spiro atoms. The minimum absolute atomic E-state index is 0.195. The lowest BCUT2D eigenvalue weighted by atomic mass is 9.67.